The monoisotopic (exact) mass is 256 g/mol. The molecule has 0 aliphatic heterocycles. The van der Waals surface area contributed by atoms with E-state index < -0.39 is 0 Å². The minimum Gasteiger partial charge on any atom is -0.363 e. The molecule has 1 saturated carbocycles. The van der Waals surface area contributed by atoms with Gasteiger partial charge in [-0.2, -0.15) is 0 Å². The molecule has 19 heavy (non-hydrogen) atoms. The molecule has 4 heteroatoms. The van der Waals surface area contributed by atoms with Crippen molar-refractivity contribution in [3.05, 3.63) is 30.6 Å². The van der Waals surface area contributed by atoms with Crippen molar-refractivity contribution in [3.63, 3.8) is 0 Å². The van der Waals surface area contributed by atoms with Crippen LogP contribution in [-0.2, 0) is 0 Å². The van der Waals surface area contributed by atoms with Crippen LogP contribution in [0.25, 0.3) is 10.9 Å². The highest BCUT2D eigenvalue weighted by Crippen LogP contribution is 2.32. The van der Waals surface area contributed by atoms with Crippen molar-refractivity contribution in [1.29, 1.82) is 0 Å². The smallest absolute Gasteiger partial charge is 0.137 e. The second kappa shape index (κ2) is 5.13. The Hall–Kier alpha value is -1.68. The molecule has 2 aromatic rings. The Morgan fingerprint density at radius 3 is 2.68 bits per heavy atom. The average Bonchev–Trinajstić information content (AvgIpc) is 2.49. The normalized spacial score (nSPS) is 18.4. The average molecular weight is 256 g/mol. The minimum absolute atomic E-state index is 0.00930. The van der Waals surface area contributed by atoms with Crippen molar-refractivity contribution in [1.82, 2.24) is 9.97 Å². The van der Waals surface area contributed by atoms with E-state index in [1.165, 1.54) is 19.3 Å². The van der Waals surface area contributed by atoms with Gasteiger partial charge >= 0.3 is 0 Å². The molecule has 1 aromatic heterocycles. The van der Waals surface area contributed by atoms with Gasteiger partial charge in [-0.15, -0.1) is 0 Å². The van der Waals surface area contributed by atoms with E-state index in [-0.39, 0.29) is 5.54 Å². The number of nitrogens with zero attached hydrogens (tertiary/aromatic N) is 2. The molecule has 4 nitrogen and oxygen atoms in total. The molecule has 0 radical (unpaired) electrons. The van der Waals surface area contributed by atoms with Crippen LogP contribution >= 0.6 is 0 Å². The maximum atomic E-state index is 6.02. The molecule has 0 atom stereocenters. The molecule has 1 aromatic carbocycles. The van der Waals surface area contributed by atoms with Gasteiger partial charge in [-0.25, -0.2) is 9.97 Å². The van der Waals surface area contributed by atoms with Crippen LogP contribution in [-0.4, -0.2) is 22.1 Å². The van der Waals surface area contributed by atoms with E-state index in [1.807, 2.05) is 18.2 Å². The Morgan fingerprint density at radius 2 is 1.89 bits per heavy atom. The van der Waals surface area contributed by atoms with Crippen LogP contribution in [0.3, 0.4) is 0 Å². The summed E-state index contributed by atoms with van der Waals surface area (Å²) in [5.74, 6) is 0.915. The van der Waals surface area contributed by atoms with Gasteiger partial charge in [-0.05, 0) is 25.0 Å². The SMILES string of the molecule is NCC1(Nc2ncnc3ccccc23)CCCCC1. The summed E-state index contributed by atoms with van der Waals surface area (Å²) in [6.45, 7) is 0.658. The van der Waals surface area contributed by atoms with Crippen molar-refractivity contribution < 1.29 is 0 Å². The summed E-state index contributed by atoms with van der Waals surface area (Å²) in [5.41, 5.74) is 7.01. The van der Waals surface area contributed by atoms with Crippen LogP contribution in [0.5, 0.6) is 0 Å². The number of hydrogen-bond acceptors (Lipinski definition) is 4. The second-order valence-electron chi connectivity index (χ2n) is 5.41. The predicted molar refractivity (Wildman–Crippen MR) is 78.0 cm³/mol. The quantitative estimate of drug-likeness (QED) is 0.886. The van der Waals surface area contributed by atoms with Gasteiger partial charge in [-0.3, -0.25) is 0 Å². The van der Waals surface area contributed by atoms with Crippen LogP contribution in [0, 0.1) is 0 Å². The molecule has 3 rings (SSSR count). The van der Waals surface area contributed by atoms with E-state index in [4.69, 9.17) is 5.73 Å². The molecule has 1 heterocycles. The second-order valence-corrected chi connectivity index (χ2v) is 5.41. The lowest BCUT2D eigenvalue weighted by Gasteiger charge is -2.37. The van der Waals surface area contributed by atoms with Gasteiger partial charge in [0.1, 0.15) is 12.1 Å². The molecule has 3 N–H and O–H groups in total. The summed E-state index contributed by atoms with van der Waals surface area (Å²) in [4.78, 5) is 8.72. The van der Waals surface area contributed by atoms with Gasteiger partial charge in [0.25, 0.3) is 0 Å². The molecule has 0 spiro atoms. The van der Waals surface area contributed by atoms with Crippen LogP contribution in [0.15, 0.2) is 30.6 Å². The highest BCUT2D eigenvalue weighted by molar-refractivity contribution is 5.88. The molecule has 0 unspecified atom stereocenters. The summed E-state index contributed by atoms with van der Waals surface area (Å²) < 4.78 is 0. The molecule has 1 aliphatic carbocycles. The number of nitrogens with two attached hydrogens (primary N) is 1. The zero-order valence-corrected chi connectivity index (χ0v) is 11.1. The Morgan fingerprint density at radius 1 is 1.11 bits per heavy atom. The van der Waals surface area contributed by atoms with Gasteiger partial charge in [0.15, 0.2) is 0 Å². The Bertz CT molecular complexity index is 556. The van der Waals surface area contributed by atoms with Crippen molar-refractivity contribution in [2.75, 3.05) is 11.9 Å². The maximum absolute atomic E-state index is 6.02. The van der Waals surface area contributed by atoms with E-state index in [0.29, 0.717) is 6.54 Å². The number of anilines is 1. The lowest BCUT2D eigenvalue weighted by molar-refractivity contribution is 0.330. The number of aromatic nitrogens is 2. The molecule has 0 saturated heterocycles. The molecule has 1 aliphatic rings. The number of benzene rings is 1. The van der Waals surface area contributed by atoms with Crippen LogP contribution < -0.4 is 11.1 Å². The van der Waals surface area contributed by atoms with E-state index in [1.54, 1.807) is 6.33 Å². The van der Waals surface area contributed by atoms with Crippen molar-refractivity contribution in [2.45, 2.75) is 37.6 Å². The van der Waals surface area contributed by atoms with Crippen molar-refractivity contribution in [3.8, 4) is 0 Å². The zero-order chi connectivity index (χ0) is 13.1. The topological polar surface area (TPSA) is 63.8 Å². The lowest BCUT2D eigenvalue weighted by atomic mass is 9.81. The summed E-state index contributed by atoms with van der Waals surface area (Å²) in [6, 6.07) is 8.09. The fraction of sp³-hybridized carbons (Fsp3) is 0.467. The van der Waals surface area contributed by atoms with Gasteiger partial charge < -0.3 is 11.1 Å². The number of hydrogen-bond donors (Lipinski definition) is 2. The number of para-hydroxylation sites is 1. The van der Waals surface area contributed by atoms with E-state index >= 15 is 0 Å². The van der Waals surface area contributed by atoms with Gasteiger partial charge in [0.2, 0.25) is 0 Å². The first-order valence-electron chi connectivity index (χ1n) is 7.01. The van der Waals surface area contributed by atoms with E-state index in [2.05, 4.69) is 21.4 Å². The number of fused-ring (bicyclic) bond motifs is 1. The summed E-state index contributed by atoms with van der Waals surface area (Å²) in [6.07, 6.45) is 7.68. The largest absolute Gasteiger partial charge is 0.363 e. The lowest BCUT2D eigenvalue weighted by Crippen LogP contribution is -2.47. The van der Waals surface area contributed by atoms with Crippen molar-refractivity contribution >= 4 is 16.7 Å². The predicted octanol–water partition coefficient (Wildman–Crippen LogP) is 2.70. The third-order valence-electron chi connectivity index (χ3n) is 4.13. The Balaban J connectivity index is 1.96. The first-order valence-corrected chi connectivity index (χ1v) is 7.01. The zero-order valence-electron chi connectivity index (χ0n) is 11.1. The molecular weight excluding hydrogens is 236 g/mol. The first kappa shape index (κ1) is 12.4. The highest BCUT2D eigenvalue weighted by atomic mass is 15.1. The number of rotatable bonds is 3. The standard InChI is InChI=1S/C15H20N4/c16-10-15(8-4-1-5-9-15)19-14-12-6-2-3-7-13(12)17-11-18-14/h2-3,6-7,11H,1,4-5,8-10,16H2,(H,17,18,19). The van der Waals surface area contributed by atoms with Crippen LogP contribution in [0.2, 0.25) is 0 Å². The summed E-state index contributed by atoms with van der Waals surface area (Å²) in [7, 11) is 0. The fourth-order valence-corrected chi connectivity index (χ4v) is 2.96. The van der Waals surface area contributed by atoms with Gasteiger partial charge in [-0.1, -0.05) is 31.4 Å². The van der Waals surface area contributed by atoms with Crippen LogP contribution in [0.1, 0.15) is 32.1 Å². The fourth-order valence-electron chi connectivity index (χ4n) is 2.96. The first-order chi connectivity index (χ1) is 9.33. The maximum Gasteiger partial charge on any atom is 0.137 e. The third-order valence-corrected chi connectivity index (χ3v) is 4.13. The summed E-state index contributed by atoms with van der Waals surface area (Å²) in [5, 5.41) is 4.68. The highest BCUT2D eigenvalue weighted by Gasteiger charge is 2.31. The molecule has 0 amide bonds. The van der Waals surface area contributed by atoms with E-state index in [0.717, 1.165) is 29.6 Å². The summed E-state index contributed by atoms with van der Waals surface area (Å²) >= 11 is 0. The minimum atomic E-state index is 0.00930. The Kier molecular flexibility index (Phi) is 3.34. The molecule has 1 fully saturated rings. The molecule has 0 bridgehead atoms. The van der Waals surface area contributed by atoms with Gasteiger partial charge in [0.05, 0.1) is 11.1 Å². The van der Waals surface area contributed by atoms with Crippen molar-refractivity contribution in [2.24, 2.45) is 5.73 Å². The van der Waals surface area contributed by atoms with Crippen LogP contribution in [0.4, 0.5) is 5.82 Å². The molecule has 100 valence electrons. The third kappa shape index (κ3) is 2.40. The van der Waals surface area contributed by atoms with Gasteiger partial charge in [0, 0.05) is 11.9 Å². The van der Waals surface area contributed by atoms with E-state index in [9.17, 15) is 0 Å². The Labute approximate surface area is 113 Å². The number of nitrogens with one attached hydrogen (secondary N) is 1. The molecular formula is C15H20N4.